The van der Waals surface area contributed by atoms with Crippen LogP contribution in [0.2, 0.25) is 0 Å². The number of aryl methyl sites for hydroxylation is 2. The number of imidazole rings is 1. The molecule has 1 N–H and O–H groups in total. The lowest BCUT2D eigenvalue weighted by Gasteiger charge is -2.22. The highest BCUT2D eigenvalue weighted by atomic mass is 127. The first-order valence-corrected chi connectivity index (χ1v) is 9.43. The van der Waals surface area contributed by atoms with Gasteiger partial charge in [0, 0.05) is 62.9 Å². The molecule has 0 aliphatic carbocycles. The minimum Gasteiger partial charge on any atom is -0.356 e. The van der Waals surface area contributed by atoms with Gasteiger partial charge in [0.2, 0.25) is 0 Å². The topological polar surface area (TPSA) is 49.9 Å². The molecule has 0 bridgehead atoms. The van der Waals surface area contributed by atoms with Gasteiger partial charge in [-0.1, -0.05) is 6.07 Å². The average Bonchev–Trinajstić information content (AvgIpc) is 3.15. The lowest BCUT2D eigenvalue weighted by Crippen LogP contribution is -2.39. The van der Waals surface area contributed by atoms with Crippen molar-refractivity contribution < 1.29 is 0 Å². The minimum atomic E-state index is 0. The molecular formula is C19H26BrIN6. The zero-order chi connectivity index (χ0) is 18.7. The van der Waals surface area contributed by atoms with Crippen molar-refractivity contribution in [2.75, 3.05) is 20.6 Å². The Morgan fingerprint density at radius 3 is 2.78 bits per heavy atom. The lowest BCUT2D eigenvalue weighted by molar-refractivity contribution is 0.462. The molecule has 0 aliphatic rings. The van der Waals surface area contributed by atoms with E-state index in [0.717, 1.165) is 41.3 Å². The van der Waals surface area contributed by atoms with Crippen molar-refractivity contribution in [2.45, 2.75) is 19.9 Å². The molecule has 0 saturated carbocycles. The van der Waals surface area contributed by atoms with Crippen LogP contribution in [0.4, 0.5) is 0 Å². The Morgan fingerprint density at radius 1 is 1.37 bits per heavy atom. The number of fused-ring (bicyclic) bond motifs is 1. The maximum absolute atomic E-state index is 4.72. The van der Waals surface area contributed by atoms with Gasteiger partial charge < -0.3 is 19.2 Å². The summed E-state index contributed by atoms with van der Waals surface area (Å²) in [6, 6.07) is 6.26. The molecule has 0 saturated heterocycles. The van der Waals surface area contributed by atoms with E-state index in [2.05, 4.69) is 78.6 Å². The Bertz CT molecular complexity index is 930. The normalized spacial score (nSPS) is 11.5. The fourth-order valence-corrected chi connectivity index (χ4v) is 3.62. The predicted molar refractivity (Wildman–Crippen MR) is 125 cm³/mol. The molecule has 0 radical (unpaired) electrons. The fraction of sp³-hybridized carbons (Fsp3) is 0.368. The van der Waals surface area contributed by atoms with Crippen molar-refractivity contribution in [2.24, 2.45) is 12.0 Å². The molecule has 0 fully saturated rings. The van der Waals surface area contributed by atoms with Gasteiger partial charge in [-0.05, 0) is 40.5 Å². The van der Waals surface area contributed by atoms with Crippen LogP contribution in [0.1, 0.15) is 17.0 Å². The largest absolute Gasteiger partial charge is 0.356 e. The van der Waals surface area contributed by atoms with E-state index in [1.807, 2.05) is 26.4 Å². The van der Waals surface area contributed by atoms with Crippen LogP contribution in [0.3, 0.4) is 0 Å². The van der Waals surface area contributed by atoms with Crippen LogP contribution in [-0.2, 0) is 20.0 Å². The molecule has 27 heavy (non-hydrogen) atoms. The number of rotatable bonds is 5. The number of hydrogen-bond donors (Lipinski definition) is 1. The number of nitrogens with one attached hydrogen (secondary N) is 1. The molecule has 0 atom stereocenters. The van der Waals surface area contributed by atoms with Gasteiger partial charge in [-0.15, -0.1) is 24.0 Å². The molecule has 0 aromatic carbocycles. The van der Waals surface area contributed by atoms with Crippen LogP contribution in [0.25, 0.3) is 5.65 Å². The van der Waals surface area contributed by atoms with Gasteiger partial charge in [-0.3, -0.25) is 4.99 Å². The maximum Gasteiger partial charge on any atom is 0.193 e. The van der Waals surface area contributed by atoms with Gasteiger partial charge in [-0.2, -0.15) is 0 Å². The van der Waals surface area contributed by atoms with Crippen LogP contribution in [0.5, 0.6) is 0 Å². The van der Waals surface area contributed by atoms with Gasteiger partial charge in [0.15, 0.2) is 5.96 Å². The van der Waals surface area contributed by atoms with E-state index in [4.69, 9.17) is 4.98 Å². The molecular weight excluding hydrogens is 519 g/mol. The quantitative estimate of drug-likeness (QED) is 0.303. The Morgan fingerprint density at radius 2 is 2.15 bits per heavy atom. The van der Waals surface area contributed by atoms with E-state index in [1.54, 1.807) is 0 Å². The van der Waals surface area contributed by atoms with Gasteiger partial charge in [0.25, 0.3) is 0 Å². The third-order valence-electron chi connectivity index (χ3n) is 4.44. The van der Waals surface area contributed by atoms with E-state index >= 15 is 0 Å². The van der Waals surface area contributed by atoms with Crippen molar-refractivity contribution >= 4 is 51.5 Å². The summed E-state index contributed by atoms with van der Waals surface area (Å²) in [5.74, 6) is 0.877. The molecule has 3 aromatic rings. The number of halogens is 2. The maximum atomic E-state index is 4.72. The van der Waals surface area contributed by atoms with Crippen molar-refractivity contribution in [1.82, 2.24) is 24.2 Å². The SMILES string of the molecule is CN=C(NCCc1cn2cccc(C)c2n1)N(C)Cc1cc(Br)cn1C.I. The Labute approximate surface area is 185 Å². The van der Waals surface area contributed by atoms with Crippen LogP contribution in [0, 0.1) is 6.92 Å². The third-order valence-corrected chi connectivity index (χ3v) is 4.87. The summed E-state index contributed by atoms with van der Waals surface area (Å²) >= 11 is 3.52. The van der Waals surface area contributed by atoms with Crippen LogP contribution in [-0.4, -0.2) is 45.5 Å². The fourth-order valence-electron chi connectivity index (χ4n) is 3.05. The first-order chi connectivity index (χ1) is 12.5. The highest BCUT2D eigenvalue weighted by Crippen LogP contribution is 2.15. The number of pyridine rings is 1. The zero-order valence-electron chi connectivity index (χ0n) is 16.1. The number of hydrogen-bond acceptors (Lipinski definition) is 2. The zero-order valence-corrected chi connectivity index (χ0v) is 20.0. The van der Waals surface area contributed by atoms with Gasteiger partial charge in [0.05, 0.1) is 12.2 Å². The molecule has 146 valence electrons. The Kier molecular flexibility index (Phi) is 7.72. The summed E-state index contributed by atoms with van der Waals surface area (Å²) in [5, 5.41) is 3.43. The van der Waals surface area contributed by atoms with E-state index in [-0.39, 0.29) is 24.0 Å². The summed E-state index contributed by atoms with van der Waals surface area (Å²) < 4.78 is 5.29. The summed E-state index contributed by atoms with van der Waals surface area (Å²) in [6.45, 7) is 3.66. The van der Waals surface area contributed by atoms with Gasteiger partial charge in [-0.25, -0.2) is 4.98 Å². The summed E-state index contributed by atoms with van der Waals surface area (Å²) in [4.78, 5) is 11.2. The second kappa shape index (κ2) is 9.59. The number of nitrogens with zero attached hydrogens (tertiary/aromatic N) is 5. The van der Waals surface area contributed by atoms with Gasteiger partial charge in [0.1, 0.15) is 5.65 Å². The molecule has 0 spiro atoms. The van der Waals surface area contributed by atoms with Crippen LogP contribution < -0.4 is 5.32 Å². The minimum absolute atomic E-state index is 0. The molecule has 0 amide bonds. The van der Waals surface area contributed by atoms with E-state index < -0.39 is 0 Å². The predicted octanol–water partition coefficient (Wildman–Crippen LogP) is 3.61. The monoisotopic (exact) mass is 544 g/mol. The molecule has 3 heterocycles. The molecule has 6 nitrogen and oxygen atoms in total. The molecule has 3 aromatic heterocycles. The molecule has 0 aliphatic heterocycles. The van der Waals surface area contributed by atoms with Crippen molar-refractivity contribution in [3.8, 4) is 0 Å². The third kappa shape index (κ3) is 5.25. The van der Waals surface area contributed by atoms with E-state index in [0.29, 0.717) is 0 Å². The molecule has 0 unspecified atom stereocenters. The Balaban J connectivity index is 0.00000261. The number of aliphatic imine (C=N–C) groups is 1. The average molecular weight is 545 g/mol. The standard InChI is InChI=1S/C19H25BrN6.HI/c1-14-6-5-9-26-12-16(23-18(14)26)7-8-22-19(21-2)25(4)13-17-10-15(20)11-24(17)3;/h5-6,9-12H,7-8,13H2,1-4H3,(H,21,22);1H. The van der Waals surface area contributed by atoms with Gasteiger partial charge >= 0.3 is 0 Å². The summed E-state index contributed by atoms with van der Waals surface area (Å²) in [6.07, 6.45) is 7.05. The first-order valence-electron chi connectivity index (χ1n) is 8.63. The van der Waals surface area contributed by atoms with Crippen LogP contribution in [0.15, 0.2) is 46.3 Å². The second-order valence-corrected chi connectivity index (χ2v) is 7.41. The molecule has 3 rings (SSSR count). The smallest absolute Gasteiger partial charge is 0.193 e. The van der Waals surface area contributed by atoms with E-state index in [1.165, 1.54) is 11.3 Å². The lowest BCUT2D eigenvalue weighted by atomic mass is 10.3. The summed E-state index contributed by atoms with van der Waals surface area (Å²) in [5.41, 5.74) is 4.52. The van der Waals surface area contributed by atoms with Crippen molar-refractivity contribution in [1.29, 1.82) is 0 Å². The van der Waals surface area contributed by atoms with Crippen molar-refractivity contribution in [3.63, 3.8) is 0 Å². The Hall–Kier alpha value is -1.55. The highest BCUT2D eigenvalue weighted by Gasteiger charge is 2.10. The summed E-state index contributed by atoms with van der Waals surface area (Å²) in [7, 11) is 5.91. The number of aromatic nitrogens is 3. The van der Waals surface area contributed by atoms with Crippen molar-refractivity contribution in [3.05, 3.63) is 58.2 Å². The first kappa shape index (κ1) is 21.7. The van der Waals surface area contributed by atoms with Crippen LogP contribution >= 0.6 is 39.9 Å². The van der Waals surface area contributed by atoms with E-state index in [9.17, 15) is 0 Å². The highest BCUT2D eigenvalue weighted by molar-refractivity contribution is 14.0. The number of guanidine groups is 1. The second-order valence-electron chi connectivity index (χ2n) is 6.49. The molecule has 8 heteroatoms.